The molecule has 0 saturated heterocycles. The molecule has 4 nitrogen and oxygen atoms in total. The molecule has 0 bridgehead atoms. The maximum absolute atomic E-state index is 12.7. The first-order valence-corrected chi connectivity index (χ1v) is 6.15. The van der Waals surface area contributed by atoms with Gasteiger partial charge in [-0.1, -0.05) is 13.8 Å². The zero-order valence-corrected chi connectivity index (χ0v) is 11.5. The number of anilines is 1. The van der Waals surface area contributed by atoms with Crippen molar-refractivity contribution in [3.05, 3.63) is 29.3 Å². The highest BCUT2D eigenvalue weighted by molar-refractivity contribution is 6.00. The van der Waals surface area contributed by atoms with E-state index in [9.17, 15) is 18.0 Å². The van der Waals surface area contributed by atoms with Crippen molar-refractivity contribution in [2.24, 2.45) is 11.8 Å². The van der Waals surface area contributed by atoms with E-state index in [2.05, 4.69) is 10.7 Å². The predicted molar refractivity (Wildman–Crippen MR) is 71.0 cm³/mol. The Morgan fingerprint density at radius 2 is 1.85 bits per heavy atom. The van der Waals surface area contributed by atoms with Crippen LogP contribution in [-0.4, -0.2) is 11.9 Å². The van der Waals surface area contributed by atoms with Crippen LogP contribution in [0.5, 0.6) is 0 Å². The number of amides is 1. The van der Waals surface area contributed by atoms with Crippen LogP contribution < -0.4 is 16.6 Å². The van der Waals surface area contributed by atoms with Gasteiger partial charge in [0, 0.05) is 6.04 Å². The predicted octanol–water partition coefficient (Wildman–Crippen LogP) is 2.77. The number of alkyl halides is 3. The zero-order valence-electron chi connectivity index (χ0n) is 11.5. The number of nitrogens with one attached hydrogen (secondary N) is 2. The lowest BCUT2D eigenvalue weighted by molar-refractivity contribution is -0.137. The first kappa shape index (κ1) is 16.3. The summed E-state index contributed by atoms with van der Waals surface area (Å²) in [5.74, 6) is 4.80. The third-order valence-electron chi connectivity index (χ3n) is 3.11. The van der Waals surface area contributed by atoms with Crippen LogP contribution in [0.15, 0.2) is 18.2 Å². The highest BCUT2D eigenvalue weighted by Crippen LogP contribution is 2.31. The Morgan fingerprint density at radius 3 is 2.30 bits per heavy atom. The fraction of sp³-hybridized carbons (Fsp3) is 0.462. The highest BCUT2D eigenvalue weighted by atomic mass is 19.4. The second-order valence-electron chi connectivity index (χ2n) is 4.91. The fourth-order valence-corrected chi connectivity index (χ4v) is 1.49. The van der Waals surface area contributed by atoms with Gasteiger partial charge in [-0.3, -0.25) is 10.6 Å². The van der Waals surface area contributed by atoms with E-state index < -0.39 is 17.6 Å². The molecule has 0 aliphatic rings. The first-order chi connectivity index (χ1) is 9.16. The van der Waals surface area contributed by atoms with Gasteiger partial charge in [0.25, 0.3) is 5.91 Å². The van der Waals surface area contributed by atoms with Crippen LogP contribution in [0, 0.1) is 5.92 Å². The Balaban J connectivity index is 3.11. The van der Waals surface area contributed by atoms with E-state index in [1.165, 1.54) is 0 Å². The largest absolute Gasteiger partial charge is 0.416 e. The third kappa shape index (κ3) is 3.86. The van der Waals surface area contributed by atoms with Crippen molar-refractivity contribution in [2.75, 3.05) is 5.43 Å². The number of benzene rings is 1. The molecule has 0 aliphatic carbocycles. The molecule has 7 heteroatoms. The van der Waals surface area contributed by atoms with Crippen LogP contribution >= 0.6 is 0 Å². The van der Waals surface area contributed by atoms with Crippen molar-refractivity contribution in [3.63, 3.8) is 0 Å². The molecule has 0 heterocycles. The van der Waals surface area contributed by atoms with E-state index in [0.29, 0.717) is 0 Å². The van der Waals surface area contributed by atoms with E-state index in [0.717, 1.165) is 18.2 Å². The standard InChI is InChI=1S/C13H18F3N3O/c1-7(2)8(3)18-12(20)10-6-9(13(14,15)16)4-5-11(10)19-17/h4-8,19H,17H2,1-3H3,(H,18,20). The molecule has 1 unspecified atom stereocenters. The maximum atomic E-state index is 12.7. The van der Waals surface area contributed by atoms with Gasteiger partial charge in [0.1, 0.15) is 0 Å². The minimum atomic E-state index is -4.51. The molecule has 20 heavy (non-hydrogen) atoms. The number of rotatable bonds is 4. The van der Waals surface area contributed by atoms with Crippen LogP contribution in [-0.2, 0) is 6.18 Å². The normalized spacial score (nSPS) is 13.2. The van der Waals surface area contributed by atoms with E-state index in [1.807, 2.05) is 13.8 Å². The summed E-state index contributed by atoms with van der Waals surface area (Å²) in [7, 11) is 0. The number of carbonyl (C=O) groups excluding carboxylic acids is 1. The molecule has 4 N–H and O–H groups in total. The molecular formula is C13H18F3N3O. The van der Waals surface area contributed by atoms with Crippen molar-refractivity contribution in [2.45, 2.75) is 33.0 Å². The van der Waals surface area contributed by atoms with Crippen molar-refractivity contribution >= 4 is 11.6 Å². The summed E-state index contributed by atoms with van der Waals surface area (Å²) in [6.45, 7) is 5.59. The summed E-state index contributed by atoms with van der Waals surface area (Å²) in [5.41, 5.74) is 1.35. The van der Waals surface area contributed by atoms with Gasteiger partial charge in [0.05, 0.1) is 16.8 Å². The van der Waals surface area contributed by atoms with Gasteiger partial charge in [-0.2, -0.15) is 13.2 Å². The van der Waals surface area contributed by atoms with E-state index in [1.54, 1.807) is 6.92 Å². The molecule has 1 atom stereocenters. The number of nitrogens with two attached hydrogens (primary N) is 1. The number of hydrogen-bond acceptors (Lipinski definition) is 3. The molecule has 0 saturated carbocycles. The molecule has 1 amide bonds. The Kier molecular flexibility index (Phi) is 4.99. The van der Waals surface area contributed by atoms with Crippen molar-refractivity contribution in [3.8, 4) is 0 Å². The van der Waals surface area contributed by atoms with Gasteiger partial charge in [-0.05, 0) is 31.0 Å². The summed E-state index contributed by atoms with van der Waals surface area (Å²) in [4.78, 5) is 12.0. The number of halogens is 3. The number of carbonyl (C=O) groups is 1. The molecule has 0 radical (unpaired) electrons. The lowest BCUT2D eigenvalue weighted by atomic mass is 10.0. The summed E-state index contributed by atoms with van der Waals surface area (Å²) < 4.78 is 38.0. The summed E-state index contributed by atoms with van der Waals surface area (Å²) in [6.07, 6.45) is -4.51. The quantitative estimate of drug-likeness (QED) is 0.590. The van der Waals surface area contributed by atoms with Crippen LogP contribution in [0.25, 0.3) is 0 Å². The lowest BCUT2D eigenvalue weighted by Crippen LogP contribution is -2.36. The SMILES string of the molecule is CC(C)C(C)NC(=O)c1cc(C(F)(F)F)ccc1NN. The van der Waals surface area contributed by atoms with Crippen molar-refractivity contribution in [1.82, 2.24) is 5.32 Å². The van der Waals surface area contributed by atoms with Gasteiger partial charge in [-0.15, -0.1) is 0 Å². The average molecular weight is 289 g/mol. The number of hydrogen-bond donors (Lipinski definition) is 3. The van der Waals surface area contributed by atoms with Gasteiger partial charge < -0.3 is 10.7 Å². The van der Waals surface area contributed by atoms with E-state index >= 15 is 0 Å². The zero-order chi connectivity index (χ0) is 15.5. The van der Waals surface area contributed by atoms with Crippen LogP contribution in [0.4, 0.5) is 18.9 Å². The smallest absolute Gasteiger partial charge is 0.349 e. The van der Waals surface area contributed by atoms with Crippen LogP contribution in [0.3, 0.4) is 0 Å². The van der Waals surface area contributed by atoms with E-state index in [-0.39, 0.29) is 23.2 Å². The van der Waals surface area contributed by atoms with Crippen LogP contribution in [0.1, 0.15) is 36.7 Å². The first-order valence-electron chi connectivity index (χ1n) is 6.15. The number of hydrazine groups is 1. The Labute approximate surface area is 115 Å². The monoisotopic (exact) mass is 289 g/mol. The molecule has 0 aromatic heterocycles. The molecule has 1 rings (SSSR count). The topological polar surface area (TPSA) is 67.2 Å². The Bertz CT molecular complexity index is 486. The minimum absolute atomic E-state index is 0.130. The fourth-order valence-electron chi connectivity index (χ4n) is 1.49. The molecular weight excluding hydrogens is 271 g/mol. The van der Waals surface area contributed by atoms with E-state index in [4.69, 9.17) is 5.84 Å². The maximum Gasteiger partial charge on any atom is 0.416 e. The third-order valence-corrected chi connectivity index (χ3v) is 3.11. The van der Waals surface area contributed by atoms with Crippen LogP contribution in [0.2, 0.25) is 0 Å². The molecule has 1 aromatic carbocycles. The molecule has 0 spiro atoms. The van der Waals surface area contributed by atoms with Gasteiger partial charge >= 0.3 is 6.18 Å². The lowest BCUT2D eigenvalue weighted by Gasteiger charge is -2.19. The second kappa shape index (κ2) is 6.13. The summed E-state index contributed by atoms with van der Waals surface area (Å²) >= 11 is 0. The Hall–Kier alpha value is -1.76. The average Bonchev–Trinajstić information content (AvgIpc) is 2.36. The minimum Gasteiger partial charge on any atom is -0.349 e. The van der Waals surface area contributed by atoms with Crippen molar-refractivity contribution < 1.29 is 18.0 Å². The molecule has 0 aliphatic heterocycles. The van der Waals surface area contributed by atoms with Gasteiger partial charge in [0.2, 0.25) is 0 Å². The summed E-state index contributed by atoms with van der Waals surface area (Å²) in [6, 6.07) is 2.63. The highest BCUT2D eigenvalue weighted by Gasteiger charge is 2.32. The molecule has 1 aromatic rings. The van der Waals surface area contributed by atoms with Gasteiger partial charge in [-0.25, -0.2) is 0 Å². The number of nitrogen functional groups attached to an aromatic ring is 1. The molecule has 112 valence electrons. The van der Waals surface area contributed by atoms with Crippen molar-refractivity contribution in [1.29, 1.82) is 0 Å². The molecule has 0 fully saturated rings. The Morgan fingerprint density at radius 1 is 1.25 bits per heavy atom. The second-order valence-corrected chi connectivity index (χ2v) is 4.91. The summed E-state index contributed by atoms with van der Waals surface area (Å²) in [5, 5.41) is 2.65. The van der Waals surface area contributed by atoms with Gasteiger partial charge in [0.15, 0.2) is 0 Å².